The number of aryl methyl sites for hydroxylation is 1. The number of thiophene rings is 1. The molecule has 1 aromatic carbocycles. The fourth-order valence-electron chi connectivity index (χ4n) is 3.36. The molecule has 0 saturated carbocycles. The average molecular weight is 442 g/mol. The lowest BCUT2D eigenvalue weighted by Gasteiger charge is -2.27. The van der Waals surface area contributed by atoms with Gasteiger partial charge in [-0.3, -0.25) is 19.7 Å². The predicted molar refractivity (Wildman–Crippen MR) is 117 cm³/mol. The molecule has 1 fully saturated rings. The molecule has 162 valence electrons. The van der Waals surface area contributed by atoms with Crippen LogP contribution in [-0.4, -0.2) is 37.0 Å². The first-order valence-electron chi connectivity index (χ1n) is 9.68. The van der Waals surface area contributed by atoms with E-state index in [-0.39, 0.29) is 18.9 Å². The zero-order valence-corrected chi connectivity index (χ0v) is 17.8. The van der Waals surface area contributed by atoms with E-state index in [2.05, 4.69) is 17.2 Å². The summed E-state index contributed by atoms with van der Waals surface area (Å²) >= 11 is 1.44. The third-order valence-electron chi connectivity index (χ3n) is 4.78. The van der Waals surface area contributed by atoms with Crippen molar-refractivity contribution in [3.8, 4) is 0 Å². The Hall–Kier alpha value is -3.46. The summed E-state index contributed by atoms with van der Waals surface area (Å²) in [6.07, 6.45) is 1.43. The maximum Gasteiger partial charge on any atom is 0.321 e. The van der Waals surface area contributed by atoms with Crippen molar-refractivity contribution in [3.05, 3.63) is 64.9 Å². The first-order chi connectivity index (χ1) is 14.9. The molecule has 1 aliphatic heterocycles. The number of rotatable bonds is 7. The second kappa shape index (κ2) is 10.0. The number of imide groups is 1. The summed E-state index contributed by atoms with van der Waals surface area (Å²) in [6, 6.07) is 9.98. The quantitative estimate of drug-likeness (QED) is 0.508. The summed E-state index contributed by atoms with van der Waals surface area (Å²) < 4.78 is 5.15. The van der Waals surface area contributed by atoms with Crippen LogP contribution in [0.5, 0.6) is 0 Å². The van der Waals surface area contributed by atoms with Gasteiger partial charge in [0.15, 0.2) is 6.61 Å². The number of amides is 4. The third kappa shape index (κ3) is 5.37. The first-order valence-corrected chi connectivity index (χ1v) is 10.6. The van der Waals surface area contributed by atoms with Gasteiger partial charge in [-0.25, -0.2) is 4.79 Å². The number of carbonyl (C=O) groups is 4. The molecule has 0 bridgehead atoms. The van der Waals surface area contributed by atoms with Crippen molar-refractivity contribution in [2.45, 2.75) is 19.4 Å². The normalized spacial score (nSPS) is 17.8. The van der Waals surface area contributed by atoms with Crippen molar-refractivity contribution in [2.24, 2.45) is 5.92 Å². The summed E-state index contributed by atoms with van der Waals surface area (Å²) in [5.74, 6) is -2.39. The Balaban J connectivity index is 1.72. The van der Waals surface area contributed by atoms with Crippen LogP contribution >= 0.6 is 11.3 Å². The zero-order valence-electron chi connectivity index (χ0n) is 17.0. The van der Waals surface area contributed by atoms with Gasteiger partial charge in [0.25, 0.3) is 5.91 Å². The van der Waals surface area contributed by atoms with Gasteiger partial charge >= 0.3 is 12.0 Å². The minimum atomic E-state index is -0.769. The highest BCUT2D eigenvalue weighted by Crippen LogP contribution is 2.43. The van der Waals surface area contributed by atoms with E-state index in [1.165, 1.54) is 17.4 Å². The molecule has 31 heavy (non-hydrogen) atoms. The van der Waals surface area contributed by atoms with Gasteiger partial charge in [0.05, 0.1) is 12.0 Å². The Morgan fingerprint density at radius 2 is 2.00 bits per heavy atom. The lowest BCUT2D eigenvalue weighted by atomic mass is 9.99. The van der Waals surface area contributed by atoms with Crippen molar-refractivity contribution in [2.75, 3.05) is 18.1 Å². The maximum atomic E-state index is 12.8. The second-order valence-electron chi connectivity index (χ2n) is 7.02. The van der Waals surface area contributed by atoms with E-state index < -0.39 is 36.5 Å². The molecular formula is C22H23N3O5S. The monoisotopic (exact) mass is 441 g/mol. The van der Waals surface area contributed by atoms with Crippen LogP contribution in [0.1, 0.15) is 22.9 Å². The number of anilines is 1. The largest absolute Gasteiger partial charge is 0.455 e. The van der Waals surface area contributed by atoms with Crippen LogP contribution in [0, 0.1) is 12.8 Å². The minimum Gasteiger partial charge on any atom is -0.455 e. The molecule has 2 aromatic rings. The van der Waals surface area contributed by atoms with Crippen LogP contribution in [0.25, 0.3) is 0 Å². The molecule has 8 nitrogen and oxygen atoms in total. The number of esters is 1. The molecule has 4 amide bonds. The summed E-state index contributed by atoms with van der Waals surface area (Å²) in [4.78, 5) is 51.5. The van der Waals surface area contributed by atoms with Gasteiger partial charge in [0, 0.05) is 23.5 Å². The number of benzene rings is 1. The molecule has 0 spiro atoms. The third-order valence-corrected chi connectivity index (χ3v) is 5.72. The number of ether oxygens (including phenoxy) is 1. The van der Waals surface area contributed by atoms with E-state index in [4.69, 9.17) is 4.74 Å². The number of carbonyl (C=O) groups excluding carboxylic acids is 4. The zero-order chi connectivity index (χ0) is 22.4. The summed E-state index contributed by atoms with van der Waals surface area (Å²) in [6.45, 7) is 4.98. The summed E-state index contributed by atoms with van der Waals surface area (Å²) in [5, 5.41) is 6.32. The Labute approximate surface area is 183 Å². The van der Waals surface area contributed by atoms with Crippen molar-refractivity contribution < 1.29 is 23.9 Å². The maximum absolute atomic E-state index is 12.8. The van der Waals surface area contributed by atoms with Gasteiger partial charge in [-0.1, -0.05) is 29.8 Å². The SMILES string of the molecule is C=CCNC(=O)NC(=O)COC(=O)C1CC(=O)N(c2ccc(C)cc2)C1c1cccs1. The first kappa shape index (κ1) is 22.2. The van der Waals surface area contributed by atoms with E-state index >= 15 is 0 Å². The molecule has 2 atom stereocenters. The van der Waals surface area contributed by atoms with Crippen LogP contribution in [0.15, 0.2) is 54.4 Å². The highest BCUT2D eigenvalue weighted by molar-refractivity contribution is 7.10. The van der Waals surface area contributed by atoms with E-state index in [1.807, 2.05) is 48.7 Å². The van der Waals surface area contributed by atoms with E-state index in [9.17, 15) is 19.2 Å². The van der Waals surface area contributed by atoms with Crippen LogP contribution in [0.2, 0.25) is 0 Å². The topological polar surface area (TPSA) is 105 Å². The molecule has 1 aliphatic rings. The molecule has 2 N–H and O–H groups in total. The number of hydrogen-bond donors (Lipinski definition) is 2. The Morgan fingerprint density at radius 3 is 2.65 bits per heavy atom. The Morgan fingerprint density at radius 1 is 1.26 bits per heavy atom. The predicted octanol–water partition coefficient (Wildman–Crippen LogP) is 2.71. The number of nitrogens with zero attached hydrogens (tertiary/aromatic N) is 1. The van der Waals surface area contributed by atoms with Crippen molar-refractivity contribution in [3.63, 3.8) is 0 Å². The van der Waals surface area contributed by atoms with Gasteiger partial charge in [0.2, 0.25) is 5.91 Å². The lowest BCUT2D eigenvalue weighted by Crippen LogP contribution is -2.41. The van der Waals surface area contributed by atoms with Crippen LogP contribution < -0.4 is 15.5 Å². The smallest absolute Gasteiger partial charge is 0.321 e. The molecule has 0 aliphatic carbocycles. The highest BCUT2D eigenvalue weighted by Gasteiger charge is 2.46. The molecule has 1 saturated heterocycles. The molecule has 2 unspecified atom stereocenters. The molecule has 9 heteroatoms. The van der Waals surface area contributed by atoms with Crippen LogP contribution in [0.4, 0.5) is 10.5 Å². The fourth-order valence-corrected chi connectivity index (χ4v) is 4.24. The van der Waals surface area contributed by atoms with Crippen molar-refractivity contribution in [1.29, 1.82) is 0 Å². The van der Waals surface area contributed by atoms with E-state index in [0.717, 1.165) is 10.4 Å². The average Bonchev–Trinajstić information content (AvgIpc) is 3.39. The minimum absolute atomic E-state index is 0.0310. The van der Waals surface area contributed by atoms with Crippen molar-refractivity contribution >= 4 is 40.8 Å². The number of nitrogens with one attached hydrogen (secondary N) is 2. The fraction of sp³-hybridized carbons (Fsp3) is 0.273. The Kier molecular flexibility index (Phi) is 7.19. The standard InChI is InChI=1S/C22H23N3O5S/c1-3-10-23-22(29)24-18(26)13-30-21(28)16-12-19(27)25(15-8-6-14(2)7-9-15)20(16)17-5-4-11-31-17/h3-9,11,16,20H,1,10,12-13H2,2H3,(H2,23,24,26,29). The van der Waals surface area contributed by atoms with E-state index in [0.29, 0.717) is 5.69 Å². The van der Waals surface area contributed by atoms with Gasteiger partial charge in [-0.05, 0) is 30.5 Å². The van der Waals surface area contributed by atoms with Crippen LogP contribution in [-0.2, 0) is 19.1 Å². The van der Waals surface area contributed by atoms with Crippen LogP contribution in [0.3, 0.4) is 0 Å². The Bertz CT molecular complexity index is 972. The summed E-state index contributed by atoms with van der Waals surface area (Å²) in [5.41, 5.74) is 1.75. The van der Waals surface area contributed by atoms with Gasteiger partial charge < -0.3 is 15.0 Å². The molecule has 0 radical (unpaired) electrons. The van der Waals surface area contributed by atoms with Gasteiger partial charge in [0.1, 0.15) is 0 Å². The van der Waals surface area contributed by atoms with E-state index in [1.54, 1.807) is 4.90 Å². The highest BCUT2D eigenvalue weighted by atomic mass is 32.1. The molecule has 2 heterocycles. The lowest BCUT2D eigenvalue weighted by molar-refractivity contribution is -0.152. The molecule has 1 aromatic heterocycles. The summed E-state index contributed by atoms with van der Waals surface area (Å²) in [7, 11) is 0. The number of hydrogen-bond acceptors (Lipinski definition) is 6. The van der Waals surface area contributed by atoms with Gasteiger partial charge in [-0.2, -0.15) is 0 Å². The molecular weight excluding hydrogens is 418 g/mol. The molecule has 3 rings (SSSR count). The van der Waals surface area contributed by atoms with Gasteiger partial charge in [-0.15, -0.1) is 17.9 Å². The second-order valence-corrected chi connectivity index (χ2v) is 8.00. The number of urea groups is 1. The van der Waals surface area contributed by atoms with Crippen molar-refractivity contribution in [1.82, 2.24) is 10.6 Å².